The zero-order chi connectivity index (χ0) is 32.6. The first-order valence-corrected chi connectivity index (χ1v) is 14.9. The molecule has 0 saturated carbocycles. The highest BCUT2D eigenvalue weighted by molar-refractivity contribution is 5.94. The molecule has 44 heavy (non-hydrogen) atoms. The lowest BCUT2D eigenvalue weighted by Gasteiger charge is -2.33. The number of hydrogen-bond donors (Lipinski definition) is 3. The van der Waals surface area contributed by atoms with Crippen molar-refractivity contribution in [1.82, 2.24) is 30.7 Å². The second kappa shape index (κ2) is 15.0. The highest BCUT2D eigenvalue weighted by Crippen LogP contribution is 2.23. The fraction of sp³-hybridized carbons (Fsp3) is 0.500. The van der Waals surface area contributed by atoms with Crippen LogP contribution in [0.15, 0.2) is 42.5 Å². The maximum Gasteiger partial charge on any atom is 0.410 e. The molecule has 1 aliphatic rings. The fourth-order valence-electron chi connectivity index (χ4n) is 4.82. The zero-order valence-electron chi connectivity index (χ0n) is 27.2. The fourth-order valence-corrected chi connectivity index (χ4v) is 4.82. The standard InChI is InChI=1S/C32H47N7O5/c1-22(2)39(31(43)44-32(4,5)6)16-15-37(21-29(41)36(8)38-19-25-11-9-10-12-26(25)20-38)28(40)18-34-27-14-13-24(17-23(27)3)30(42)35-33-7/h9-14,17,22,33-34H,15-16,18-21H2,1-8H3,(H,35,42). The lowest BCUT2D eigenvalue weighted by Crippen LogP contribution is -2.51. The van der Waals surface area contributed by atoms with Crippen molar-refractivity contribution in [2.75, 3.05) is 45.6 Å². The molecule has 240 valence electrons. The first-order chi connectivity index (χ1) is 20.7. The van der Waals surface area contributed by atoms with Crippen molar-refractivity contribution in [3.63, 3.8) is 0 Å². The molecule has 0 radical (unpaired) electrons. The van der Waals surface area contributed by atoms with Gasteiger partial charge >= 0.3 is 6.09 Å². The Kier molecular flexibility index (Phi) is 11.7. The number of nitrogens with one attached hydrogen (secondary N) is 3. The quantitative estimate of drug-likeness (QED) is 0.314. The molecule has 3 rings (SSSR count). The molecule has 12 heteroatoms. The molecule has 12 nitrogen and oxygen atoms in total. The van der Waals surface area contributed by atoms with Gasteiger partial charge in [0.15, 0.2) is 0 Å². The molecule has 0 atom stereocenters. The van der Waals surface area contributed by atoms with Crippen LogP contribution in [-0.4, -0.2) is 95.5 Å². The van der Waals surface area contributed by atoms with E-state index in [1.807, 2.05) is 50.0 Å². The molecule has 0 aromatic heterocycles. The summed E-state index contributed by atoms with van der Waals surface area (Å²) in [7, 11) is 3.32. The Bertz CT molecular complexity index is 1320. The predicted molar refractivity (Wildman–Crippen MR) is 169 cm³/mol. The van der Waals surface area contributed by atoms with Crippen LogP contribution in [0.25, 0.3) is 0 Å². The number of hydrazine groups is 2. The summed E-state index contributed by atoms with van der Waals surface area (Å²) in [5, 5.41) is 6.66. The molecule has 3 N–H and O–H groups in total. The van der Waals surface area contributed by atoms with E-state index in [0.717, 1.165) is 5.56 Å². The first kappa shape index (κ1) is 34.3. The SMILES string of the molecule is CNNC(=O)c1ccc(NCC(=O)N(CCN(C(=O)OC(C)(C)C)C(C)C)CC(=O)N(C)N2Cc3ccccc3C2)c(C)c1. The minimum absolute atomic E-state index is 0.0802. The molecular weight excluding hydrogens is 562 g/mol. The van der Waals surface area contributed by atoms with E-state index in [4.69, 9.17) is 4.74 Å². The van der Waals surface area contributed by atoms with Crippen molar-refractivity contribution >= 4 is 29.5 Å². The van der Waals surface area contributed by atoms with E-state index in [2.05, 4.69) is 16.2 Å². The van der Waals surface area contributed by atoms with Gasteiger partial charge in [-0.25, -0.2) is 15.2 Å². The number of ether oxygens (including phenoxy) is 1. The molecule has 0 fully saturated rings. The van der Waals surface area contributed by atoms with Gasteiger partial charge < -0.3 is 19.9 Å². The largest absolute Gasteiger partial charge is 0.444 e. The highest BCUT2D eigenvalue weighted by atomic mass is 16.6. The number of fused-ring (bicyclic) bond motifs is 1. The summed E-state index contributed by atoms with van der Waals surface area (Å²) >= 11 is 0. The van der Waals surface area contributed by atoms with E-state index >= 15 is 0 Å². The molecule has 4 amide bonds. The van der Waals surface area contributed by atoms with Crippen LogP contribution in [0.1, 0.15) is 61.7 Å². The normalized spacial score (nSPS) is 12.8. The smallest absolute Gasteiger partial charge is 0.410 e. The van der Waals surface area contributed by atoms with Crippen molar-refractivity contribution < 1.29 is 23.9 Å². The molecule has 2 aromatic carbocycles. The van der Waals surface area contributed by atoms with E-state index in [9.17, 15) is 19.2 Å². The zero-order valence-corrected chi connectivity index (χ0v) is 27.2. The Morgan fingerprint density at radius 1 is 0.977 bits per heavy atom. The predicted octanol–water partition coefficient (Wildman–Crippen LogP) is 3.13. The molecular formula is C32H47N7O5. The van der Waals surface area contributed by atoms with Crippen LogP contribution in [0.5, 0.6) is 0 Å². The molecule has 0 unspecified atom stereocenters. The van der Waals surface area contributed by atoms with Gasteiger partial charge in [0.2, 0.25) is 5.91 Å². The molecule has 0 bridgehead atoms. The number of rotatable bonds is 12. The monoisotopic (exact) mass is 609 g/mol. The van der Waals surface area contributed by atoms with Gasteiger partial charge in [-0.3, -0.25) is 24.8 Å². The second-order valence-electron chi connectivity index (χ2n) is 12.2. The van der Waals surface area contributed by atoms with Crippen LogP contribution >= 0.6 is 0 Å². The number of nitrogens with zero attached hydrogens (tertiary/aromatic N) is 4. The number of amides is 4. The molecule has 2 aromatic rings. The number of carbonyl (C=O) groups excluding carboxylic acids is 4. The van der Waals surface area contributed by atoms with Crippen LogP contribution in [0.3, 0.4) is 0 Å². The van der Waals surface area contributed by atoms with Crippen molar-refractivity contribution in [1.29, 1.82) is 0 Å². The number of likely N-dealkylation sites (N-methyl/N-ethyl adjacent to an activating group) is 1. The minimum Gasteiger partial charge on any atom is -0.444 e. The van der Waals surface area contributed by atoms with Crippen LogP contribution in [0.2, 0.25) is 0 Å². The van der Waals surface area contributed by atoms with Crippen LogP contribution < -0.4 is 16.2 Å². The third-order valence-corrected chi connectivity index (χ3v) is 7.31. The molecule has 0 spiro atoms. The van der Waals surface area contributed by atoms with Crippen LogP contribution in [-0.2, 0) is 27.4 Å². The van der Waals surface area contributed by atoms with Gasteiger partial charge in [0.25, 0.3) is 11.8 Å². The molecule has 0 aliphatic carbocycles. The summed E-state index contributed by atoms with van der Waals surface area (Å²) in [5.74, 6) is -0.816. The van der Waals surface area contributed by atoms with Gasteiger partial charge in [-0.2, -0.15) is 0 Å². The Morgan fingerprint density at radius 3 is 2.16 bits per heavy atom. The van der Waals surface area contributed by atoms with Crippen molar-refractivity contribution in [3.8, 4) is 0 Å². The minimum atomic E-state index is -0.670. The number of carbonyl (C=O) groups is 4. The maximum atomic E-state index is 13.6. The summed E-state index contributed by atoms with van der Waals surface area (Å²) in [6.07, 6.45) is -0.477. The first-order valence-electron chi connectivity index (χ1n) is 14.9. The average molecular weight is 610 g/mol. The van der Waals surface area contributed by atoms with Gasteiger partial charge in [-0.15, -0.1) is 0 Å². The van der Waals surface area contributed by atoms with Crippen molar-refractivity contribution in [3.05, 3.63) is 64.7 Å². The lowest BCUT2D eigenvalue weighted by molar-refractivity contribution is -0.151. The number of aryl methyl sites for hydroxylation is 1. The summed E-state index contributed by atoms with van der Waals surface area (Å²) in [5.41, 5.74) is 8.76. The Labute approximate surface area is 260 Å². The summed E-state index contributed by atoms with van der Waals surface area (Å²) < 4.78 is 5.59. The van der Waals surface area contributed by atoms with Gasteiger partial charge in [-0.05, 0) is 76.4 Å². The molecule has 1 heterocycles. The van der Waals surface area contributed by atoms with Gasteiger partial charge in [-0.1, -0.05) is 24.3 Å². The van der Waals surface area contributed by atoms with E-state index in [-0.39, 0.29) is 49.9 Å². The average Bonchev–Trinajstić information content (AvgIpc) is 3.38. The van der Waals surface area contributed by atoms with E-state index in [1.54, 1.807) is 63.0 Å². The lowest BCUT2D eigenvalue weighted by atomic mass is 10.1. The third-order valence-electron chi connectivity index (χ3n) is 7.31. The Balaban J connectivity index is 1.73. The topological polar surface area (TPSA) is 127 Å². The van der Waals surface area contributed by atoms with Gasteiger partial charge in [0.1, 0.15) is 12.1 Å². The highest BCUT2D eigenvalue weighted by Gasteiger charge is 2.29. The molecule has 1 aliphatic heterocycles. The van der Waals surface area contributed by atoms with Gasteiger partial charge in [0, 0.05) is 57.6 Å². The maximum absolute atomic E-state index is 13.6. The van der Waals surface area contributed by atoms with E-state index in [1.165, 1.54) is 16.0 Å². The number of hydrogen-bond acceptors (Lipinski definition) is 8. The summed E-state index contributed by atoms with van der Waals surface area (Å²) in [6.45, 7) is 12.3. The van der Waals surface area contributed by atoms with Crippen LogP contribution in [0.4, 0.5) is 10.5 Å². The Morgan fingerprint density at radius 2 is 1.61 bits per heavy atom. The van der Waals surface area contributed by atoms with Gasteiger partial charge in [0.05, 0.1) is 6.54 Å². The summed E-state index contributed by atoms with van der Waals surface area (Å²) in [6, 6.07) is 13.0. The van der Waals surface area contributed by atoms with Crippen LogP contribution in [0, 0.1) is 6.92 Å². The third kappa shape index (κ3) is 9.42. The number of benzene rings is 2. The number of anilines is 1. The van der Waals surface area contributed by atoms with Crippen molar-refractivity contribution in [2.45, 2.75) is 66.3 Å². The Hall–Kier alpha value is -4.16. The van der Waals surface area contributed by atoms with E-state index < -0.39 is 11.7 Å². The van der Waals surface area contributed by atoms with Crippen molar-refractivity contribution in [2.24, 2.45) is 0 Å². The van der Waals surface area contributed by atoms with E-state index in [0.29, 0.717) is 24.3 Å². The second-order valence-corrected chi connectivity index (χ2v) is 12.2. The summed E-state index contributed by atoms with van der Waals surface area (Å²) in [4.78, 5) is 55.2. The molecule has 0 saturated heterocycles.